The molecule has 3 heterocycles. The van der Waals surface area contributed by atoms with Gasteiger partial charge in [-0.1, -0.05) is 18.6 Å². The van der Waals surface area contributed by atoms with E-state index in [-0.39, 0.29) is 30.4 Å². The van der Waals surface area contributed by atoms with Crippen LogP contribution in [0, 0.1) is 35.9 Å². The summed E-state index contributed by atoms with van der Waals surface area (Å²) in [5, 5.41) is 12.2. The highest BCUT2D eigenvalue weighted by atomic mass is 19.4. The molecule has 1 fully saturated rings. The Hall–Kier alpha value is -5.23. The monoisotopic (exact) mass is 576 g/mol. The number of alkyl halides is 3. The lowest BCUT2D eigenvalue weighted by Gasteiger charge is -2.31. The molecule has 1 aromatic carbocycles. The number of benzene rings is 1. The Balaban J connectivity index is 1.68. The molecule has 1 saturated heterocycles. The van der Waals surface area contributed by atoms with Crippen molar-refractivity contribution in [2.24, 2.45) is 0 Å². The Morgan fingerprint density at radius 3 is 2.62 bits per heavy atom. The molecule has 214 valence electrons. The van der Waals surface area contributed by atoms with Crippen molar-refractivity contribution in [3.63, 3.8) is 0 Å². The first-order chi connectivity index (χ1) is 20.0. The predicted octanol–water partition coefficient (Wildman–Crippen LogP) is 4.99. The molecule has 0 saturated carbocycles. The Labute approximate surface area is 239 Å². The number of carbonyl (C=O) groups excluding carboxylic acids is 2. The minimum atomic E-state index is -4.79. The molecule has 2 aromatic heterocycles. The lowest BCUT2D eigenvalue weighted by atomic mass is 10.1. The van der Waals surface area contributed by atoms with E-state index in [1.807, 2.05) is 0 Å². The lowest BCUT2D eigenvalue weighted by Crippen LogP contribution is -2.47. The molecule has 3 aromatic rings. The molecule has 0 unspecified atom stereocenters. The highest BCUT2D eigenvalue weighted by Crippen LogP contribution is 2.38. The molecule has 4 rings (SSSR count). The van der Waals surface area contributed by atoms with Crippen LogP contribution in [-0.4, -0.2) is 40.9 Å². The summed E-state index contributed by atoms with van der Waals surface area (Å²) in [6, 6.07) is 11.4. The van der Waals surface area contributed by atoms with Gasteiger partial charge in [0.25, 0.3) is 5.91 Å². The summed E-state index contributed by atoms with van der Waals surface area (Å²) in [6.07, 6.45) is -2.94. The van der Waals surface area contributed by atoms with Crippen LogP contribution < -0.4 is 15.1 Å². The predicted molar refractivity (Wildman–Crippen MR) is 148 cm³/mol. The van der Waals surface area contributed by atoms with Crippen molar-refractivity contribution in [2.45, 2.75) is 32.0 Å². The molecule has 1 aliphatic rings. The zero-order chi connectivity index (χ0) is 30.4. The van der Waals surface area contributed by atoms with Gasteiger partial charge in [0, 0.05) is 17.9 Å². The van der Waals surface area contributed by atoms with Crippen molar-refractivity contribution in [1.82, 2.24) is 9.97 Å². The average Bonchev–Trinajstić information content (AvgIpc) is 3.45. The summed E-state index contributed by atoms with van der Waals surface area (Å²) in [4.78, 5) is 36.7. The number of pyridine rings is 2. The minimum absolute atomic E-state index is 0.0506. The highest BCUT2D eigenvalue weighted by molar-refractivity contribution is 6.00. The topological polar surface area (TPSA) is 102 Å². The molecule has 12 heteroatoms. The van der Waals surface area contributed by atoms with Crippen LogP contribution >= 0.6 is 0 Å². The number of anilines is 3. The van der Waals surface area contributed by atoms with Gasteiger partial charge in [-0.05, 0) is 74.2 Å². The van der Waals surface area contributed by atoms with Crippen LogP contribution in [0.2, 0.25) is 0 Å². The summed E-state index contributed by atoms with van der Waals surface area (Å²) in [5.41, 5.74) is -1.11. The smallest absolute Gasteiger partial charge is 0.343 e. The molecule has 8 nitrogen and oxygen atoms in total. The second-order valence-electron chi connectivity index (χ2n) is 9.27. The van der Waals surface area contributed by atoms with E-state index in [4.69, 9.17) is 0 Å². The van der Waals surface area contributed by atoms with Gasteiger partial charge in [-0.2, -0.15) is 18.4 Å². The summed E-state index contributed by atoms with van der Waals surface area (Å²) in [6.45, 7) is 4.81. The summed E-state index contributed by atoms with van der Waals surface area (Å²) in [7, 11) is 0. The molecule has 0 radical (unpaired) electrons. The third-order valence-electron chi connectivity index (χ3n) is 6.40. The molecule has 0 aliphatic carbocycles. The maximum atomic E-state index is 13.9. The number of nitrogens with zero attached hydrogens (tertiary/aromatic N) is 5. The van der Waals surface area contributed by atoms with Crippen molar-refractivity contribution < 1.29 is 27.2 Å². The molecule has 1 aliphatic heterocycles. The van der Waals surface area contributed by atoms with Crippen LogP contribution in [0.25, 0.3) is 0 Å². The van der Waals surface area contributed by atoms with E-state index < -0.39 is 41.0 Å². The van der Waals surface area contributed by atoms with Crippen LogP contribution in [0.15, 0.2) is 61.2 Å². The van der Waals surface area contributed by atoms with E-state index in [1.54, 1.807) is 24.3 Å². The molecule has 0 bridgehead atoms. The number of hydrogen-bond donors (Lipinski definition) is 1. The fraction of sp³-hybridized carbons (Fsp3) is 0.233. The van der Waals surface area contributed by atoms with Gasteiger partial charge in [0.1, 0.15) is 40.8 Å². The Morgan fingerprint density at radius 2 is 1.95 bits per heavy atom. The Kier molecular flexibility index (Phi) is 8.87. The first kappa shape index (κ1) is 29.7. The number of hydrogen-bond acceptors (Lipinski definition) is 6. The number of carbonyl (C=O) groups is 2. The standard InChI is InChI=1S/C30H24F4N6O2/c1-3-27(41)38-26-10-4-7-21(37-26)8-5-15-39(22-13-11-20(31)12-14-22)29(42)25-9-6-16-40(25)28-23(18-35)24(30(32,33)34)17-19(2)36-28/h3-4,7,10-14,17,25H,1,6,9,15-16H2,2H3,(H,37,38,41)/t25-/m0/s1. The van der Waals surface area contributed by atoms with Gasteiger partial charge in [0.2, 0.25) is 5.91 Å². The third kappa shape index (κ3) is 6.73. The maximum absolute atomic E-state index is 13.9. The largest absolute Gasteiger partial charge is 0.417 e. The normalized spacial score (nSPS) is 14.4. The number of aromatic nitrogens is 2. The zero-order valence-electron chi connectivity index (χ0n) is 22.4. The van der Waals surface area contributed by atoms with Crippen LogP contribution in [0.3, 0.4) is 0 Å². The van der Waals surface area contributed by atoms with Gasteiger partial charge >= 0.3 is 6.18 Å². The average molecular weight is 577 g/mol. The van der Waals surface area contributed by atoms with Gasteiger partial charge in [-0.25, -0.2) is 14.4 Å². The van der Waals surface area contributed by atoms with Crippen LogP contribution in [0.4, 0.5) is 34.9 Å². The minimum Gasteiger partial charge on any atom is -0.343 e. The van der Waals surface area contributed by atoms with Gasteiger partial charge in [-0.15, -0.1) is 0 Å². The van der Waals surface area contributed by atoms with Crippen molar-refractivity contribution in [3.8, 4) is 17.9 Å². The molecule has 1 atom stereocenters. The Morgan fingerprint density at radius 1 is 1.21 bits per heavy atom. The van der Waals surface area contributed by atoms with Crippen molar-refractivity contribution in [3.05, 3.63) is 89.5 Å². The number of rotatable bonds is 6. The number of halogens is 4. The van der Waals surface area contributed by atoms with Gasteiger partial charge < -0.3 is 10.2 Å². The van der Waals surface area contributed by atoms with E-state index in [9.17, 15) is 32.4 Å². The maximum Gasteiger partial charge on any atom is 0.417 e. The number of amides is 2. The van der Waals surface area contributed by atoms with Crippen molar-refractivity contribution >= 4 is 29.1 Å². The molecule has 0 spiro atoms. The van der Waals surface area contributed by atoms with E-state index in [2.05, 4.69) is 33.7 Å². The van der Waals surface area contributed by atoms with E-state index in [0.717, 1.165) is 12.1 Å². The second kappa shape index (κ2) is 12.5. The van der Waals surface area contributed by atoms with Crippen LogP contribution in [0.5, 0.6) is 0 Å². The fourth-order valence-electron chi connectivity index (χ4n) is 4.53. The molecular weight excluding hydrogens is 552 g/mol. The van der Waals surface area contributed by atoms with E-state index >= 15 is 0 Å². The van der Waals surface area contributed by atoms with Gasteiger partial charge in [-0.3, -0.25) is 14.5 Å². The molecule has 2 amide bonds. The van der Waals surface area contributed by atoms with Gasteiger partial charge in [0.15, 0.2) is 0 Å². The summed E-state index contributed by atoms with van der Waals surface area (Å²) < 4.78 is 55.0. The summed E-state index contributed by atoms with van der Waals surface area (Å²) >= 11 is 0. The third-order valence-corrected chi connectivity index (χ3v) is 6.40. The fourth-order valence-corrected chi connectivity index (χ4v) is 4.53. The SMILES string of the molecule is C=CC(=O)Nc1cccc(C#CCN(C(=O)[C@@H]2CCCN2c2nc(C)cc(C(F)(F)F)c2C#N)c2ccc(F)cc2)n1. The number of nitrogens with one attached hydrogen (secondary N) is 1. The van der Waals surface area contributed by atoms with Crippen LogP contribution in [-0.2, 0) is 15.8 Å². The van der Waals surface area contributed by atoms with Crippen molar-refractivity contribution in [2.75, 3.05) is 28.2 Å². The molecule has 1 N–H and O–H groups in total. The Bertz CT molecular complexity index is 1620. The first-order valence-corrected chi connectivity index (χ1v) is 12.7. The summed E-state index contributed by atoms with van der Waals surface area (Å²) in [5.74, 6) is 4.24. The van der Waals surface area contributed by atoms with Crippen LogP contribution in [0.1, 0.15) is 35.4 Å². The van der Waals surface area contributed by atoms with Gasteiger partial charge in [0.05, 0.1) is 12.1 Å². The van der Waals surface area contributed by atoms with E-state index in [1.165, 1.54) is 41.0 Å². The lowest BCUT2D eigenvalue weighted by molar-refractivity contribution is -0.137. The number of aryl methyl sites for hydroxylation is 1. The van der Waals surface area contributed by atoms with E-state index in [0.29, 0.717) is 24.2 Å². The number of nitriles is 1. The zero-order valence-corrected chi connectivity index (χ0v) is 22.4. The molecular formula is C30H24F4N6O2. The second-order valence-corrected chi connectivity index (χ2v) is 9.27. The highest BCUT2D eigenvalue weighted by Gasteiger charge is 2.40. The quantitative estimate of drug-likeness (QED) is 0.252. The first-order valence-electron chi connectivity index (χ1n) is 12.7. The molecule has 42 heavy (non-hydrogen) atoms. The van der Waals surface area contributed by atoms with Crippen molar-refractivity contribution in [1.29, 1.82) is 5.26 Å².